The van der Waals surface area contributed by atoms with Crippen LogP contribution in [0.2, 0.25) is 0 Å². The zero-order chi connectivity index (χ0) is 17.6. The normalized spacial score (nSPS) is 10.6. The number of amides is 1. The maximum Gasteiger partial charge on any atom is 0.257 e. The van der Waals surface area contributed by atoms with Gasteiger partial charge in [0.25, 0.3) is 5.91 Å². The predicted octanol–water partition coefficient (Wildman–Crippen LogP) is 4.23. The Hall–Kier alpha value is -2.18. The lowest BCUT2D eigenvalue weighted by atomic mass is 10.2. The number of hydrogen-bond donors (Lipinski definition) is 1. The van der Waals surface area contributed by atoms with Crippen molar-refractivity contribution in [1.82, 2.24) is 10.3 Å². The molecule has 2 aromatic heterocycles. The quantitative estimate of drug-likeness (QED) is 0.675. The molecule has 0 aliphatic carbocycles. The Kier molecular flexibility index (Phi) is 5.83. The molecule has 0 radical (unpaired) electrons. The minimum atomic E-state index is -0.102. The molecule has 2 heterocycles. The van der Waals surface area contributed by atoms with Crippen molar-refractivity contribution in [2.24, 2.45) is 0 Å². The Morgan fingerprint density at radius 2 is 2.04 bits per heavy atom. The zero-order valence-corrected chi connectivity index (χ0v) is 15.9. The standard InChI is InChI=1S/C19H20N2O2S2/c1-13-5-3-4-6-17(13)23-11-19(22)20-10-9-15-7-8-18(25-15)16-12-24-14(2)21-16/h3-8,12H,9-11H2,1-2H3,(H,20,22). The molecule has 0 saturated carbocycles. The molecule has 3 aromatic rings. The van der Waals surface area contributed by atoms with Gasteiger partial charge in [0.1, 0.15) is 5.75 Å². The van der Waals surface area contributed by atoms with Crippen molar-refractivity contribution in [3.05, 3.63) is 57.2 Å². The fourth-order valence-electron chi connectivity index (χ4n) is 2.36. The molecule has 0 fully saturated rings. The molecule has 0 bridgehead atoms. The van der Waals surface area contributed by atoms with E-state index in [0.717, 1.165) is 28.4 Å². The van der Waals surface area contributed by atoms with E-state index in [4.69, 9.17) is 4.74 Å². The van der Waals surface area contributed by atoms with Gasteiger partial charge in [-0.15, -0.1) is 22.7 Å². The van der Waals surface area contributed by atoms with Crippen molar-refractivity contribution >= 4 is 28.6 Å². The number of nitrogens with zero attached hydrogens (tertiary/aromatic N) is 1. The van der Waals surface area contributed by atoms with Gasteiger partial charge in [-0.1, -0.05) is 18.2 Å². The summed E-state index contributed by atoms with van der Waals surface area (Å²) in [4.78, 5) is 18.8. The number of thiazole rings is 1. The minimum absolute atomic E-state index is 0.0403. The van der Waals surface area contributed by atoms with Crippen LogP contribution in [-0.2, 0) is 11.2 Å². The second-order valence-corrected chi connectivity index (χ2v) is 7.90. The van der Waals surface area contributed by atoms with E-state index < -0.39 is 0 Å². The van der Waals surface area contributed by atoms with E-state index in [1.807, 2.05) is 38.1 Å². The topological polar surface area (TPSA) is 51.2 Å². The summed E-state index contributed by atoms with van der Waals surface area (Å²) in [5.41, 5.74) is 2.06. The van der Waals surface area contributed by atoms with E-state index in [2.05, 4.69) is 27.8 Å². The van der Waals surface area contributed by atoms with Gasteiger partial charge in [0.15, 0.2) is 6.61 Å². The van der Waals surface area contributed by atoms with Crippen molar-refractivity contribution in [2.75, 3.05) is 13.2 Å². The molecule has 6 heteroatoms. The molecule has 1 amide bonds. The molecule has 1 N–H and O–H groups in total. The van der Waals surface area contributed by atoms with Crippen LogP contribution in [0, 0.1) is 13.8 Å². The van der Waals surface area contributed by atoms with Crippen molar-refractivity contribution in [2.45, 2.75) is 20.3 Å². The van der Waals surface area contributed by atoms with Gasteiger partial charge >= 0.3 is 0 Å². The Bertz CT molecular complexity index is 854. The average molecular weight is 373 g/mol. The van der Waals surface area contributed by atoms with Gasteiger partial charge in [0.05, 0.1) is 15.6 Å². The number of rotatable bonds is 7. The number of carbonyl (C=O) groups is 1. The highest BCUT2D eigenvalue weighted by molar-refractivity contribution is 7.16. The van der Waals surface area contributed by atoms with Gasteiger partial charge in [-0.05, 0) is 44.0 Å². The highest BCUT2D eigenvalue weighted by Crippen LogP contribution is 2.29. The van der Waals surface area contributed by atoms with Crippen molar-refractivity contribution in [3.63, 3.8) is 0 Å². The fourth-order valence-corrected chi connectivity index (χ4v) is 4.02. The third-order valence-electron chi connectivity index (χ3n) is 3.68. The van der Waals surface area contributed by atoms with E-state index in [-0.39, 0.29) is 12.5 Å². The number of hydrogen-bond acceptors (Lipinski definition) is 5. The van der Waals surface area contributed by atoms with Gasteiger partial charge in [-0.2, -0.15) is 0 Å². The van der Waals surface area contributed by atoms with Crippen LogP contribution >= 0.6 is 22.7 Å². The van der Waals surface area contributed by atoms with E-state index in [9.17, 15) is 4.79 Å². The molecule has 0 aliphatic heterocycles. The molecule has 0 spiro atoms. The van der Waals surface area contributed by atoms with Crippen LogP contribution in [0.1, 0.15) is 15.4 Å². The summed E-state index contributed by atoms with van der Waals surface area (Å²) >= 11 is 3.38. The summed E-state index contributed by atoms with van der Waals surface area (Å²) in [6.07, 6.45) is 0.809. The number of benzene rings is 1. The minimum Gasteiger partial charge on any atom is -0.484 e. The van der Waals surface area contributed by atoms with Crippen molar-refractivity contribution in [1.29, 1.82) is 0 Å². The number of nitrogens with one attached hydrogen (secondary N) is 1. The SMILES string of the molecule is Cc1nc(-c2ccc(CCNC(=O)COc3ccccc3C)s2)cs1. The van der Waals surface area contributed by atoms with E-state index >= 15 is 0 Å². The van der Waals surface area contributed by atoms with Gasteiger partial charge in [0, 0.05) is 16.8 Å². The Balaban J connectivity index is 1.43. The lowest BCUT2D eigenvalue weighted by molar-refractivity contribution is -0.123. The lowest BCUT2D eigenvalue weighted by Crippen LogP contribution is -2.30. The Morgan fingerprint density at radius 3 is 2.80 bits per heavy atom. The maximum atomic E-state index is 11.9. The summed E-state index contributed by atoms with van der Waals surface area (Å²) in [6.45, 7) is 4.62. The van der Waals surface area contributed by atoms with Crippen LogP contribution in [0.3, 0.4) is 0 Å². The van der Waals surface area contributed by atoms with Crippen LogP contribution in [0.15, 0.2) is 41.8 Å². The molecule has 3 rings (SSSR count). The van der Waals surface area contributed by atoms with Crippen molar-refractivity contribution in [3.8, 4) is 16.3 Å². The summed E-state index contributed by atoms with van der Waals surface area (Å²) in [5, 5.41) is 6.06. The number of aromatic nitrogens is 1. The second-order valence-electron chi connectivity index (χ2n) is 5.67. The Labute approximate surface area is 155 Å². The largest absolute Gasteiger partial charge is 0.484 e. The predicted molar refractivity (Wildman–Crippen MR) is 104 cm³/mol. The third kappa shape index (κ3) is 4.90. The van der Waals surface area contributed by atoms with E-state index in [1.54, 1.807) is 22.7 Å². The monoisotopic (exact) mass is 372 g/mol. The van der Waals surface area contributed by atoms with Gasteiger partial charge in [-0.3, -0.25) is 4.79 Å². The molecule has 0 atom stereocenters. The molecule has 0 aliphatic rings. The average Bonchev–Trinajstić information content (AvgIpc) is 3.23. The summed E-state index contributed by atoms with van der Waals surface area (Å²) in [5.74, 6) is 0.647. The maximum absolute atomic E-state index is 11.9. The smallest absolute Gasteiger partial charge is 0.257 e. The number of aryl methyl sites for hydroxylation is 2. The molecule has 25 heavy (non-hydrogen) atoms. The fraction of sp³-hybridized carbons (Fsp3) is 0.263. The highest BCUT2D eigenvalue weighted by atomic mass is 32.1. The highest BCUT2D eigenvalue weighted by Gasteiger charge is 2.07. The zero-order valence-electron chi connectivity index (χ0n) is 14.2. The molecule has 1 aromatic carbocycles. The van der Waals surface area contributed by atoms with Gasteiger partial charge in [0.2, 0.25) is 0 Å². The summed E-state index contributed by atoms with van der Waals surface area (Å²) < 4.78 is 5.55. The van der Waals surface area contributed by atoms with Crippen molar-refractivity contribution < 1.29 is 9.53 Å². The lowest BCUT2D eigenvalue weighted by Gasteiger charge is -2.09. The Morgan fingerprint density at radius 1 is 1.20 bits per heavy atom. The van der Waals surface area contributed by atoms with Crippen LogP contribution in [-0.4, -0.2) is 24.0 Å². The van der Waals surface area contributed by atoms with Gasteiger partial charge in [-0.25, -0.2) is 4.98 Å². The molecule has 0 unspecified atom stereocenters. The molecule has 0 saturated heterocycles. The first-order valence-corrected chi connectivity index (χ1v) is 9.78. The third-order valence-corrected chi connectivity index (χ3v) is 5.62. The number of thiophene rings is 1. The van der Waals surface area contributed by atoms with E-state index in [1.165, 1.54) is 9.75 Å². The number of para-hydroxylation sites is 1. The summed E-state index contributed by atoms with van der Waals surface area (Å²) in [7, 11) is 0. The van der Waals surface area contributed by atoms with Crippen LogP contribution < -0.4 is 10.1 Å². The van der Waals surface area contributed by atoms with Crippen LogP contribution in [0.4, 0.5) is 0 Å². The van der Waals surface area contributed by atoms with Crippen LogP contribution in [0.25, 0.3) is 10.6 Å². The first-order valence-electron chi connectivity index (χ1n) is 8.08. The second kappa shape index (κ2) is 8.27. The first kappa shape index (κ1) is 17.6. The number of ether oxygens (including phenoxy) is 1. The first-order chi connectivity index (χ1) is 12.1. The molecule has 130 valence electrons. The van der Waals surface area contributed by atoms with Crippen LogP contribution in [0.5, 0.6) is 5.75 Å². The van der Waals surface area contributed by atoms with E-state index in [0.29, 0.717) is 6.54 Å². The molecule has 4 nitrogen and oxygen atoms in total. The van der Waals surface area contributed by atoms with Gasteiger partial charge < -0.3 is 10.1 Å². The molecular formula is C19H20N2O2S2. The summed E-state index contributed by atoms with van der Waals surface area (Å²) in [6, 6.07) is 11.9. The number of carbonyl (C=O) groups excluding carboxylic acids is 1. The molecular weight excluding hydrogens is 352 g/mol.